The Bertz CT molecular complexity index is 962. The maximum absolute atomic E-state index is 12.8. The molecule has 0 bridgehead atoms. The van der Waals surface area contributed by atoms with E-state index in [0.717, 1.165) is 11.8 Å². The van der Waals surface area contributed by atoms with E-state index in [0.29, 0.717) is 5.76 Å². The Balaban J connectivity index is 2.29. The van der Waals surface area contributed by atoms with Crippen LogP contribution >= 0.6 is 0 Å². The summed E-state index contributed by atoms with van der Waals surface area (Å²) >= 11 is 0. The number of sulfonamides is 1. The zero-order valence-electron chi connectivity index (χ0n) is 14.9. The Morgan fingerprint density at radius 1 is 1.19 bits per heavy atom. The predicted octanol–water partition coefficient (Wildman–Crippen LogP) is 2.24. The third-order valence-electron chi connectivity index (χ3n) is 3.64. The van der Waals surface area contributed by atoms with Crippen LogP contribution in [0.3, 0.4) is 0 Å². The normalized spacial score (nSPS) is 11.2. The third kappa shape index (κ3) is 4.63. The summed E-state index contributed by atoms with van der Waals surface area (Å²) in [5.41, 5.74) is 1.20. The quantitative estimate of drug-likeness (QED) is 0.794. The van der Waals surface area contributed by atoms with Crippen LogP contribution in [0.4, 0.5) is 5.69 Å². The van der Waals surface area contributed by atoms with Crippen LogP contribution in [0.15, 0.2) is 28.7 Å². The second-order valence-electron chi connectivity index (χ2n) is 6.07. The lowest BCUT2D eigenvalue weighted by Gasteiger charge is -2.18. The van der Waals surface area contributed by atoms with Gasteiger partial charge in [0.15, 0.2) is 0 Å². The molecule has 1 aromatic carbocycles. The van der Waals surface area contributed by atoms with Crippen LogP contribution in [-0.2, 0) is 16.6 Å². The highest BCUT2D eigenvalue weighted by Gasteiger charge is 2.21. The van der Waals surface area contributed by atoms with Crippen LogP contribution in [-0.4, -0.2) is 43.6 Å². The van der Waals surface area contributed by atoms with E-state index in [4.69, 9.17) is 9.52 Å². The predicted molar refractivity (Wildman–Crippen MR) is 95.8 cm³/mol. The Morgan fingerprint density at radius 2 is 1.85 bits per heavy atom. The molecule has 2 aromatic rings. The molecular formula is C17H20N2O6S. The molecule has 9 heteroatoms. The van der Waals surface area contributed by atoms with Crippen molar-refractivity contribution in [1.29, 1.82) is 0 Å². The van der Waals surface area contributed by atoms with Gasteiger partial charge in [0.2, 0.25) is 10.0 Å². The second kappa shape index (κ2) is 7.20. The number of rotatable bonds is 6. The number of amides is 1. The minimum absolute atomic E-state index is 0.0378. The fraction of sp³-hybridized carbons (Fsp3) is 0.294. The van der Waals surface area contributed by atoms with Gasteiger partial charge in [-0.15, -0.1) is 0 Å². The molecule has 140 valence electrons. The van der Waals surface area contributed by atoms with Crippen molar-refractivity contribution in [1.82, 2.24) is 4.90 Å². The maximum Gasteiger partial charge on any atom is 0.339 e. The maximum atomic E-state index is 12.8. The number of carboxylic acids is 1. The topological polar surface area (TPSA) is 117 Å². The van der Waals surface area contributed by atoms with Gasteiger partial charge in [-0.3, -0.25) is 9.52 Å². The molecule has 26 heavy (non-hydrogen) atoms. The third-order valence-corrected chi connectivity index (χ3v) is 4.23. The molecule has 0 aliphatic carbocycles. The van der Waals surface area contributed by atoms with Crippen molar-refractivity contribution in [2.24, 2.45) is 0 Å². The van der Waals surface area contributed by atoms with Gasteiger partial charge in [0.1, 0.15) is 17.1 Å². The van der Waals surface area contributed by atoms with E-state index in [1.807, 2.05) is 0 Å². The van der Waals surface area contributed by atoms with Crippen molar-refractivity contribution in [3.8, 4) is 0 Å². The summed E-state index contributed by atoms with van der Waals surface area (Å²) in [4.78, 5) is 25.2. The molecule has 0 aliphatic rings. The molecule has 0 saturated carbocycles. The van der Waals surface area contributed by atoms with Gasteiger partial charge in [-0.2, -0.15) is 0 Å². The van der Waals surface area contributed by atoms with Crippen molar-refractivity contribution in [3.05, 3.63) is 52.5 Å². The Kier molecular flexibility index (Phi) is 5.41. The first-order valence-electron chi connectivity index (χ1n) is 7.64. The number of aromatic carboxylic acids is 1. The largest absolute Gasteiger partial charge is 0.478 e. The van der Waals surface area contributed by atoms with E-state index < -0.39 is 21.9 Å². The van der Waals surface area contributed by atoms with E-state index >= 15 is 0 Å². The first kappa shape index (κ1) is 19.5. The van der Waals surface area contributed by atoms with E-state index in [-0.39, 0.29) is 29.1 Å². The summed E-state index contributed by atoms with van der Waals surface area (Å²) in [6, 6.07) is 6.17. The van der Waals surface area contributed by atoms with Crippen molar-refractivity contribution >= 4 is 27.6 Å². The number of benzene rings is 1. The second-order valence-corrected chi connectivity index (χ2v) is 7.82. The van der Waals surface area contributed by atoms with E-state index in [1.165, 1.54) is 31.0 Å². The Labute approximate surface area is 151 Å². The zero-order valence-corrected chi connectivity index (χ0v) is 15.7. The van der Waals surface area contributed by atoms with E-state index in [9.17, 15) is 18.0 Å². The van der Waals surface area contributed by atoms with Gasteiger partial charge in [0, 0.05) is 7.05 Å². The fourth-order valence-corrected chi connectivity index (χ4v) is 3.05. The van der Waals surface area contributed by atoms with Crippen molar-refractivity contribution in [2.45, 2.75) is 20.4 Å². The highest BCUT2D eigenvalue weighted by atomic mass is 32.2. The number of anilines is 1. The molecule has 0 saturated heterocycles. The summed E-state index contributed by atoms with van der Waals surface area (Å²) in [6.45, 7) is 3.36. The Hall–Kier alpha value is -2.81. The standard InChI is InChI=1S/C17H20N2O6S/c1-10-5-6-15(18-26(4,23)24)14(7-10)16(20)19(3)9-12-8-13(17(21)22)11(2)25-12/h5-8,18H,9H2,1-4H3,(H,21,22). The molecule has 1 amide bonds. The van der Waals surface area contributed by atoms with Crippen LogP contribution in [0.1, 0.15) is 37.8 Å². The van der Waals surface area contributed by atoms with Crippen LogP contribution in [0, 0.1) is 13.8 Å². The van der Waals surface area contributed by atoms with Gasteiger partial charge in [0.25, 0.3) is 5.91 Å². The van der Waals surface area contributed by atoms with Gasteiger partial charge >= 0.3 is 5.97 Å². The lowest BCUT2D eigenvalue weighted by molar-refractivity contribution is 0.0694. The summed E-state index contributed by atoms with van der Waals surface area (Å²) < 4.78 is 30.7. The molecule has 0 spiro atoms. The molecule has 0 unspecified atom stereocenters. The highest BCUT2D eigenvalue weighted by Crippen LogP contribution is 2.22. The van der Waals surface area contributed by atoms with Gasteiger partial charge in [0.05, 0.1) is 24.1 Å². The molecule has 2 rings (SSSR count). The van der Waals surface area contributed by atoms with Crippen molar-refractivity contribution in [3.63, 3.8) is 0 Å². The lowest BCUT2D eigenvalue weighted by atomic mass is 10.1. The van der Waals surface area contributed by atoms with Crippen LogP contribution in [0.2, 0.25) is 0 Å². The lowest BCUT2D eigenvalue weighted by Crippen LogP contribution is -2.27. The molecule has 8 nitrogen and oxygen atoms in total. The van der Waals surface area contributed by atoms with Gasteiger partial charge < -0.3 is 14.4 Å². The van der Waals surface area contributed by atoms with E-state index in [1.54, 1.807) is 19.1 Å². The fourth-order valence-electron chi connectivity index (χ4n) is 2.47. The summed E-state index contributed by atoms with van der Waals surface area (Å²) in [5.74, 6) is -0.958. The molecule has 0 radical (unpaired) electrons. The first-order valence-corrected chi connectivity index (χ1v) is 9.53. The highest BCUT2D eigenvalue weighted by molar-refractivity contribution is 7.92. The number of hydrogen-bond acceptors (Lipinski definition) is 5. The minimum Gasteiger partial charge on any atom is -0.478 e. The molecule has 1 aromatic heterocycles. The van der Waals surface area contributed by atoms with Gasteiger partial charge in [-0.25, -0.2) is 13.2 Å². The monoisotopic (exact) mass is 380 g/mol. The van der Waals surface area contributed by atoms with Crippen LogP contribution in [0.5, 0.6) is 0 Å². The average molecular weight is 380 g/mol. The zero-order chi connectivity index (χ0) is 19.6. The number of hydrogen-bond donors (Lipinski definition) is 2. The smallest absolute Gasteiger partial charge is 0.339 e. The number of aryl methyl sites for hydroxylation is 2. The number of furan rings is 1. The minimum atomic E-state index is -3.55. The molecule has 2 N–H and O–H groups in total. The number of carbonyl (C=O) groups excluding carboxylic acids is 1. The number of nitrogens with one attached hydrogen (secondary N) is 1. The Morgan fingerprint density at radius 3 is 2.38 bits per heavy atom. The number of carboxylic acid groups (broad SMARTS) is 1. The van der Waals surface area contributed by atoms with Crippen LogP contribution < -0.4 is 4.72 Å². The van der Waals surface area contributed by atoms with E-state index in [2.05, 4.69) is 4.72 Å². The average Bonchev–Trinajstić information content (AvgIpc) is 2.87. The van der Waals surface area contributed by atoms with Crippen molar-refractivity contribution < 1.29 is 27.5 Å². The molecule has 1 heterocycles. The molecular weight excluding hydrogens is 360 g/mol. The molecule has 0 fully saturated rings. The summed E-state index contributed by atoms with van der Waals surface area (Å²) in [5, 5.41) is 9.07. The van der Waals surface area contributed by atoms with Crippen molar-refractivity contribution in [2.75, 3.05) is 18.0 Å². The van der Waals surface area contributed by atoms with Gasteiger partial charge in [-0.05, 0) is 32.0 Å². The van der Waals surface area contributed by atoms with Gasteiger partial charge in [-0.1, -0.05) is 11.6 Å². The molecule has 0 atom stereocenters. The summed E-state index contributed by atoms with van der Waals surface area (Å²) in [7, 11) is -2.03. The summed E-state index contributed by atoms with van der Waals surface area (Å²) in [6.07, 6.45) is 1.00. The SMILES string of the molecule is Cc1ccc(NS(C)(=O)=O)c(C(=O)N(C)Cc2cc(C(=O)O)c(C)o2)c1. The van der Waals surface area contributed by atoms with Crippen LogP contribution in [0.25, 0.3) is 0 Å². The number of carbonyl (C=O) groups is 2. The molecule has 0 aliphatic heterocycles. The first-order chi connectivity index (χ1) is 12.0. The number of nitrogens with zero attached hydrogens (tertiary/aromatic N) is 1.